The van der Waals surface area contributed by atoms with Gasteiger partial charge in [0, 0.05) is 45.5 Å². The van der Waals surface area contributed by atoms with Crippen molar-refractivity contribution in [3.8, 4) is 0 Å². The van der Waals surface area contributed by atoms with E-state index < -0.39 is 0 Å². The summed E-state index contributed by atoms with van der Waals surface area (Å²) in [7, 11) is 0. The van der Waals surface area contributed by atoms with Gasteiger partial charge in [-0.2, -0.15) is 4.21 Å². The Morgan fingerprint density at radius 2 is 0.333 bits per heavy atom. The summed E-state index contributed by atoms with van der Waals surface area (Å²) in [6.07, 6.45) is 27.3. The summed E-state index contributed by atoms with van der Waals surface area (Å²) < 4.78 is 9.79. The predicted molar refractivity (Wildman–Crippen MR) is 457 cm³/mol. The van der Waals surface area contributed by atoms with E-state index in [1.54, 1.807) is 0 Å². The van der Waals surface area contributed by atoms with Gasteiger partial charge in [-0.25, -0.2) is 0 Å². The molecular formula is C84H104MoN4OS9. The fourth-order valence-corrected chi connectivity index (χ4v) is 13.3. The van der Waals surface area contributed by atoms with Gasteiger partial charge < -0.3 is 119 Å². The summed E-state index contributed by atoms with van der Waals surface area (Å²) in [4.78, 5) is 8.34. The van der Waals surface area contributed by atoms with Crippen LogP contribution in [0.15, 0.2) is 194 Å². The molecule has 15 heteroatoms. The van der Waals surface area contributed by atoms with E-state index in [2.05, 4.69) is 282 Å². The summed E-state index contributed by atoms with van der Waals surface area (Å²) in [6.45, 7) is 17.8. The Kier molecular flexibility index (Phi) is 46.2. The van der Waals surface area contributed by atoms with Crippen LogP contribution < -0.4 is 19.6 Å². The van der Waals surface area contributed by atoms with Crippen molar-refractivity contribution in [3.05, 3.63) is 239 Å². The van der Waals surface area contributed by atoms with Crippen molar-refractivity contribution >= 4 is 175 Å². The Morgan fingerprint density at radius 3 is 0.424 bits per heavy atom. The third kappa shape index (κ3) is 28.9. The van der Waals surface area contributed by atoms with E-state index in [9.17, 15) is 0 Å². The van der Waals surface area contributed by atoms with Crippen molar-refractivity contribution in [2.45, 2.75) is 209 Å². The Morgan fingerprint density at radius 1 is 0.232 bits per heavy atom. The largest absolute Gasteiger partial charge is 4.00 e. The molecule has 0 spiro atoms. The number of thiocarbonyl (C=S) groups is 4. The van der Waals surface area contributed by atoms with E-state index >= 15 is 0 Å². The molecule has 5 nitrogen and oxygen atoms in total. The van der Waals surface area contributed by atoms with Gasteiger partial charge in [0.05, 0.1) is 0 Å². The first kappa shape index (κ1) is 88.1. The van der Waals surface area contributed by atoms with E-state index in [0.29, 0.717) is 17.3 Å². The molecule has 0 amide bonds. The molecule has 0 aliphatic rings. The first-order chi connectivity index (χ1) is 47.7. The smallest absolute Gasteiger partial charge is 0.411 e. The zero-order valence-electron chi connectivity index (χ0n) is 59.7. The van der Waals surface area contributed by atoms with Crippen molar-refractivity contribution in [2.75, 3.05) is 19.6 Å². The molecule has 0 aromatic heterocycles. The molecule has 0 saturated carbocycles. The maximum atomic E-state index is 7.83. The first-order valence-corrected chi connectivity index (χ1v) is 39.2. The second-order valence-corrected chi connectivity index (χ2v) is 28.4. The number of hydrogen-bond acceptors (Lipinski definition) is 10. The molecule has 0 unspecified atom stereocenters. The fraction of sp³-hybridized carbons (Fsp3) is 0.381. The molecule has 0 heterocycles. The van der Waals surface area contributed by atoms with Gasteiger partial charge in [-0.05, 0) is 196 Å². The average molecular weight is 1570 g/mol. The molecule has 8 aromatic carbocycles. The van der Waals surface area contributed by atoms with Crippen molar-refractivity contribution in [2.24, 2.45) is 0 Å². The number of anilines is 8. The van der Waals surface area contributed by atoms with Gasteiger partial charge in [0.1, 0.15) is 0 Å². The van der Waals surface area contributed by atoms with Crippen LogP contribution in [-0.4, -0.2) is 21.5 Å². The molecule has 0 radical (unpaired) electrons. The number of aryl methyl sites for hydroxylation is 8. The topological polar surface area (TPSA) is 30.0 Å². The van der Waals surface area contributed by atoms with Gasteiger partial charge in [-0.15, -0.1) is 0 Å². The fourth-order valence-electron chi connectivity index (χ4n) is 11.8. The summed E-state index contributed by atoms with van der Waals surface area (Å²) in [6, 6.07) is 68.0. The van der Waals surface area contributed by atoms with Crippen molar-refractivity contribution in [1.29, 1.82) is 0 Å². The van der Waals surface area contributed by atoms with Crippen LogP contribution in [-0.2, 0) is 135 Å². The summed E-state index contributed by atoms with van der Waals surface area (Å²) in [5.41, 5.74) is 19.6. The molecule has 0 atom stereocenters. The van der Waals surface area contributed by atoms with Crippen LogP contribution in [0.25, 0.3) is 0 Å². The molecule has 0 fully saturated rings. The van der Waals surface area contributed by atoms with Crippen molar-refractivity contribution in [1.82, 2.24) is 0 Å². The Labute approximate surface area is 661 Å². The minimum absolute atomic E-state index is 0. The summed E-state index contributed by atoms with van der Waals surface area (Å²) >= 11 is 46.6. The monoisotopic (exact) mass is 1570 g/mol. The molecule has 0 N–H and O–H groups in total. The Balaban J connectivity index is 0.000000339. The van der Waals surface area contributed by atoms with Gasteiger partial charge in [-0.3, -0.25) is 0 Å². The van der Waals surface area contributed by atoms with Gasteiger partial charge in [0.25, 0.3) is 0 Å². The van der Waals surface area contributed by atoms with Crippen LogP contribution in [0.5, 0.6) is 0 Å². The predicted octanol–water partition coefficient (Wildman–Crippen LogP) is 25.0. The quantitative estimate of drug-likeness (QED) is 0.0228. The molecule has 0 aliphatic heterocycles. The van der Waals surface area contributed by atoms with Gasteiger partial charge in [0.15, 0.2) is 12.5 Å². The van der Waals surface area contributed by atoms with E-state index in [1.165, 1.54) is 147 Å². The first-order valence-electron chi connectivity index (χ1n) is 35.6. The molecule has 8 rings (SSSR count). The molecule has 0 bridgehead atoms. The number of unbranched alkanes of at least 4 members (excludes halogenated alkanes) is 8. The summed E-state index contributed by atoms with van der Waals surface area (Å²) in [5, 5.41) is 0. The second kappa shape index (κ2) is 52.0. The molecule has 8 aromatic rings. The van der Waals surface area contributed by atoms with Crippen LogP contribution in [0, 0.1) is 0 Å². The Hall–Kier alpha value is -5.09. The molecular weight excluding hydrogens is 1470 g/mol. The molecule has 0 aliphatic carbocycles. The van der Waals surface area contributed by atoms with E-state index in [0.717, 1.165) is 96.9 Å². The maximum absolute atomic E-state index is 7.83. The minimum atomic E-state index is 0. The van der Waals surface area contributed by atoms with Gasteiger partial charge in [0.2, 0.25) is 0 Å². The van der Waals surface area contributed by atoms with E-state index in [1.807, 2.05) is 0 Å². The molecule has 0 saturated heterocycles. The van der Waals surface area contributed by atoms with Crippen LogP contribution in [0.3, 0.4) is 0 Å². The van der Waals surface area contributed by atoms with E-state index in [-0.39, 0.29) is 21.1 Å². The number of benzene rings is 8. The molecule has 99 heavy (non-hydrogen) atoms. The normalized spacial score (nSPS) is 10.3. The van der Waals surface area contributed by atoms with Gasteiger partial charge in [-0.1, -0.05) is 270 Å². The van der Waals surface area contributed by atoms with E-state index in [4.69, 9.17) is 104 Å². The number of rotatable bonds is 32. The maximum Gasteiger partial charge on any atom is 4.00 e. The second-order valence-electron chi connectivity index (χ2n) is 24.3. The zero-order valence-corrected chi connectivity index (χ0v) is 69.1. The number of nitrogens with zero attached hydrogens (tertiary/aromatic N) is 4. The molecule has 526 valence electrons. The van der Waals surface area contributed by atoms with Crippen molar-refractivity contribution in [3.63, 3.8) is 0 Å². The van der Waals surface area contributed by atoms with Crippen LogP contribution in [0.2, 0.25) is 0 Å². The van der Waals surface area contributed by atoms with Crippen LogP contribution in [0.4, 0.5) is 45.5 Å². The minimum Gasteiger partial charge on any atom is -0.411 e. The average Bonchev–Trinajstić information content (AvgIpc) is 0.856. The number of hydrogen-bond donors (Lipinski definition) is 0. The standard InChI is InChI=1S/4C21H27NS2.Mo.OS/c4*1-3-5-11-17-13-7-9-15-19(17)22(21(23)24)20-16-10-8-14-18(20)12-6-4-2;;1-2/h4*7-10,13-16H,3-6,11-12H2,1-2H3,(H,23,24);;/q;;;;+4;/p-4. The third-order valence-corrected chi connectivity index (χ3v) is 18.4. The Bertz CT molecular complexity index is 2970. The summed E-state index contributed by atoms with van der Waals surface area (Å²) in [5.74, 6) is 0. The number of para-hydroxylation sites is 8. The van der Waals surface area contributed by atoms with Gasteiger partial charge >= 0.3 is 21.1 Å². The third-order valence-electron chi connectivity index (χ3n) is 17.0. The zero-order chi connectivity index (χ0) is 71.5. The SMILES string of the molecule is CCCCc1ccccc1N(C(=S)[S-])c1ccccc1CCCC.CCCCc1ccccc1N(C(=S)[S-])c1ccccc1CCCC.CCCCc1ccccc1N(C(=S)[S-])c1ccccc1CCCC.CCCCc1ccccc1N(C(=S)[S-])c1ccccc1CCCC.O=S.[Mo+4]. The van der Waals surface area contributed by atoms with Crippen molar-refractivity contribution < 1.29 is 25.3 Å². The van der Waals surface area contributed by atoms with Crippen LogP contribution >= 0.6 is 48.9 Å². The van der Waals surface area contributed by atoms with Crippen LogP contribution in [0.1, 0.15) is 203 Å².